The van der Waals surface area contributed by atoms with Crippen LogP contribution in [0.2, 0.25) is 0 Å². The van der Waals surface area contributed by atoms with Crippen molar-refractivity contribution in [2.24, 2.45) is 7.05 Å². The molecule has 0 spiro atoms. The molecule has 5 nitrogen and oxygen atoms in total. The molecule has 0 bridgehead atoms. The predicted octanol–water partition coefficient (Wildman–Crippen LogP) is 1.52. The maximum absolute atomic E-state index is 12.2. The number of aromatic nitrogens is 2. The van der Waals surface area contributed by atoms with Crippen LogP contribution in [0.4, 0.5) is 0 Å². The third-order valence-electron chi connectivity index (χ3n) is 2.84. The molecule has 1 aromatic heterocycles. The molecule has 0 amide bonds. The van der Waals surface area contributed by atoms with Gasteiger partial charge in [0.05, 0.1) is 11.1 Å². The molecule has 1 aromatic carbocycles. The van der Waals surface area contributed by atoms with Gasteiger partial charge in [-0.2, -0.15) is 5.10 Å². The number of nitrogens with zero attached hydrogens (tertiary/aromatic N) is 2. The number of benzene rings is 1. The summed E-state index contributed by atoms with van der Waals surface area (Å²) in [4.78, 5) is 0.321. The van der Waals surface area contributed by atoms with Gasteiger partial charge in [0.1, 0.15) is 0 Å². The lowest BCUT2D eigenvalue weighted by molar-refractivity contribution is 0.580. The van der Waals surface area contributed by atoms with E-state index >= 15 is 0 Å². The number of aryl methyl sites for hydroxylation is 3. The van der Waals surface area contributed by atoms with Gasteiger partial charge in [-0.05, 0) is 25.5 Å². The summed E-state index contributed by atoms with van der Waals surface area (Å²) in [6.45, 7) is 3.97. The van der Waals surface area contributed by atoms with Crippen LogP contribution in [0, 0.1) is 13.8 Å². The summed E-state index contributed by atoms with van der Waals surface area (Å²) >= 11 is 0. The summed E-state index contributed by atoms with van der Waals surface area (Å²) < 4.78 is 28.6. The van der Waals surface area contributed by atoms with Crippen molar-refractivity contribution in [1.82, 2.24) is 14.5 Å². The molecular formula is C13H17N3O2S. The zero-order valence-electron chi connectivity index (χ0n) is 11.2. The standard InChI is InChI=1S/C13H17N3O2S/c1-10-4-5-13(11(2)6-10)19(17,18)15-8-12-7-14-16(3)9-12/h4-7,9,15H,8H2,1-3H3. The van der Waals surface area contributed by atoms with Gasteiger partial charge >= 0.3 is 0 Å². The number of hydrogen-bond acceptors (Lipinski definition) is 3. The Balaban J connectivity index is 2.18. The largest absolute Gasteiger partial charge is 0.275 e. The molecule has 6 heteroatoms. The highest BCUT2D eigenvalue weighted by molar-refractivity contribution is 7.89. The Kier molecular flexibility index (Phi) is 3.73. The normalized spacial score (nSPS) is 11.7. The van der Waals surface area contributed by atoms with Gasteiger partial charge in [0, 0.05) is 25.4 Å². The molecule has 0 saturated heterocycles. The molecule has 1 heterocycles. The van der Waals surface area contributed by atoms with Gasteiger partial charge in [0.25, 0.3) is 0 Å². The lowest BCUT2D eigenvalue weighted by Gasteiger charge is -2.09. The van der Waals surface area contributed by atoms with Crippen molar-refractivity contribution in [2.45, 2.75) is 25.3 Å². The van der Waals surface area contributed by atoms with Crippen molar-refractivity contribution < 1.29 is 8.42 Å². The molecule has 19 heavy (non-hydrogen) atoms. The van der Waals surface area contributed by atoms with Crippen LogP contribution in [0.5, 0.6) is 0 Å². The first-order chi connectivity index (χ1) is 8.88. The number of hydrogen-bond donors (Lipinski definition) is 1. The van der Waals surface area contributed by atoms with Gasteiger partial charge < -0.3 is 0 Å². The topological polar surface area (TPSA) is 64.0 Å². The molecule has 0 radical (unpaired) electrons. The SMILES string of the molecule is Cc1ccc(S(=O)(=O)NCc2cnn(C)c2)c(C)c1. The van der Waals surface area contributed by atoms with Gasteiger partial charge in [-0.25, -0.2) is 13.1 Å². The van der Waals surface area contributed by atoms with Crippen LogP contribution in [-0.2, 0) is 23.6 Å². The van der Waals surface area contributed by atoms with E-state index in [1.54, 1.807) is 43.2 Å². The summed E-state index contributed by atoms with van der Waals surface area (Å²) in [6, 6.07) is 5.29. The van der Waals surface area contributed by atoms with Crippen LogP contribution in [0.1, 0.15) is 16.7 Å². The lowest BCUT2D eigenvalue weighted by Crippen LogP contribution is -2.23. The monoisotopic (exact) mass is 279 g/mol. The Hall–Kier alpha value is -1.66. The van der Waals surface area contributed by atoms with E-state index in [0.29, 0.717) is 4.90 Å². The summed E-state index contributed by atoms with van der Waals surface area (Å²) in [7, 11) is -1.69. The molecule has 0 fully saturated rings. The summed E-state index contributed by atoms with van der Waals surface area (Å²) in [5.74, 6) is 0. The highest BCUT2D eigenvalue weighted by Crippen LogP contribution is 2.16. The minimum absolute atomic E-state index is 0.240. The van der Waals surface area contributed by atoms with Crippen LogP contribution in [0.25, 0.3) is 0 Å². The number of sulfonamides is 1. The first-order valence-corrected chi connectivity index (χ1v) is 7.41. The molecule has 0 unspecified atom stereocenters. The van der Waals surface area contributed by atoms with E-state index in [1.165, 1.54) is 0 Å². The minimum atomic E-state index is -3.48. The Morgan fingerprint density at radius 3 is 2.63 bits per heavy atom. The molecule has 102 valence electrons. The third-order valence-corrected chi connectivity index (χ3v) is 4.41. The van der Waals surface area contributed by atoms with Crippen LogP contribution in [0.15, 0.2) is 35.5 Å². The molecular weight excluding hydrogens is 262 g/mol. The van der Waals surface area contributed by atoms with Crippen molar-refractivity contribution in [1.29, 1.82) is 0 Å². The summed E-state index contributed by atoms with van der Waals surface area (Å²) in [6.07, 6.45) is 3.43. The fraction of sp³-hybridized carbons (Fsp3) is 0.308. The average molecular weight is 279 g/mol. The minimum Gasteiger partial charge on any atom is -0.275 e. The average Bonchev–Trinajstić information content (AvgIpc) is 2.72. The van der Waals surface area contributed by atoms with Crippen molar-refractivity contribution in [3.8, 4) is 0 Å². The number of nitrogens with one attached hydrogen (secondary N) is 1. The van der Waals surface area contributed by atoms with Gasteiger partial charge in [-0.15, -0.1) is 0 Å². The van der Waals surface area contributed by atoms with Gasteiger partial charge in [-0.3, -0.25) is 4.68 Å². The molecule has 2 rings (SSSR count). The summed E-state index contributed by atoms with van der Waals surface area (Å²) in [5.41, 5.74) is 2.62. The molecule has 0 aliphatic carbocycles. The lowest BCUT2D eigenvalue weighted by atomic mass is 10.2. The first-order valence-electron chi connectivity index (χ1n) is 5.93. The van der Waals surface area contributed by atoms with Gasteiger partial charge in [-0.1, -0.05) is 17.7 Å². The van der Waals surface area contributed by atoms with E-state index < -0.39 is 10.0 Å². The van der Waals surface area contributed by atoms with E-state index in [0.717, 1.165) is 16.7 Å². The zero-order chi connectivity index (χ0) is 14.0. The van der Waals surface area contributed by atoms with E-state index in [1.807, 2.05) is 13.0 Å². The maximum Gasteiger partial charge on any atom is 0.241 e. The zero-order valence-corrected chi connectivity index (χ0v) is 12.0. The van der Waals surface area contributed by atoms with E-state index in [2.05, 4.69) is 9.82 Å². The van der Waals surface area contributed by atoms with Crippen LogP contribution in [-0.4, -0.2) is 18.2 Å². The van der Waals surface area contributed by atoms with Gasteiger partial charge in [0.15, 0.2) is 0 Å². The van der Waals surface area contributed by atoms with Crippen molar-refractivity contribution in [3.05, 3.63) is 47.3 Å². The predicted molar refractivity (Wildman–Crippen MR) is 73.1 cm³/mol. The van der Waals surface area contributed by atoms with Gasteiger partial charge in [0.2, 0.25) is 10.0 Å². The van der Waals surface area contributed by atoms with E-state index in [9.17, 15) is 8.42 Å². The molecule has 2 aromatic rings. The Morgan fingerprint density at radius 1 is 1.32 bits per heavy atom. The molecule has 0 saturated carbocycles. The smallest absolute Gasteiger partial charge is 0.241 e. The Labute approximate surface area is 113 Å². The van der Waals surface area contributed by atoms with Crippen LogP contribution < -0.4 is 4.72 Å². The fourth-order valence-corrected chi connectivity index (χ4v) is 3.16. The maximum atomic E-state index is 12.2. The van der Waals surface area contributed by atoms with Crippen molar-refractivity contribution >= 4 is 10.0 Å². The third kappa shape index (κ3) is 3.21. The van der Waals surface area contributed by atoms with E-state index in [4.69, 9.17) is 0 Å². The van der Waals surface area contributed by atoms with E-state index in [-0.39, 0.29) is 6.54 Å². The van der Waals surface area contributed by atoms with Crippen LogP contribution >= 0.6 is 0 Å². The quantitative estimate of drug-likeness (QED) is 0.922. The highest BCUT2D eigenvalue weighted by Gasteiger charge is 2.16. The molecule has 1 N–H and O–H groups in total. The first kappa shape index (κ1) is 13.8. The second kappa shape index (κ2) is 5.14. The summed E-state index contributed by atoms with van der Waals surface area (Å²) in [5, 5.41) is 4.00. The van der Waals surface area contributed by atoms with Crippen LogP contribution in [0.3, 0.4) is 0 Å². The molecule has 0 aliphatic rings. The molecule has 0 aliphatic heterocycles. The van der Waals surface area contributed by atoms with Crippen molar-refractivity contribution in [3.63, 3.8) is 0 Å². The fourth-order valence-electron chi connectivity index (χ4n) is 1.92. The second-order valence-corrected chi connectivity index (χ2v) is 6.35. The Morgan fingerprint density at radius 2 is 2.05 bits per heavy atom. The Bertz CT molecular complexity index is 690. The van der Waals surface area contributed by atoms with Crippen molar-refractivity contribution in [2.75, 3.05) is 0 Å². The second-order valence-electron chi connectivity index (χ2n) is 4.62. The highest BCUT2D eigenvalue weighted by atomic mass is 32.2. The molecule has 0 atom stereocenters. The number of rotatable bonds is 4.